The van der Waals surface area contributed by atoms with Gasteiger partial charge in [0, 0.05) is 12.2 Å². The molecule has 2 aromatic carbocycles. The fourth-order valence-electron chi connectivity index (χ4n) is 3.15. The molecule has 25 heavy (non-hydrogen) atoms. The van der Waals surface area contributed by atoms with Gasteiger partial charge >= 0.3 is 5.97 Å². The van der Waals surface area contributed by atoms with E-state index in [0.29, 0.717) is 18.5 Å². The van der Waals surface area contributed by atoms with E-state index in [9.17, 15) is 9.59 Å². The smallest absolute Gasteiger partial charge is 0.337 e. The number of carbonyl (C=O) groups is 2. The van der Waals surface area contributed by atoms with E-state index in [1.165, 1.54) is 7.11 Å². The Kier molecular flexibility index (Phi) is 3.68. The van der Waals surface area contributed by atoms with Crippen molar-refractivity contribution in [3.05, 3.63) is 53.6 Å². The van der Waals surface area contributed by atoms with Gasteiger partial charge in [0.2, 0.25) is 5.91 Å². The summed E-state index contributed by atoms with van der Waals surface area (Å²) >= 11 is 0. The normalized spacial score (nSPS) is 13.1. The molecule has 0 spiro atoms. The first-order chi connectivity index (χ1) is 12.2. The van der Waals surface area contributed by atoms with Gasteiger partial charge in [-0.05, 0) is 42.3 Å². The second-order valence-corrected chi connectivity index (χ2v) is 5.87. The Morgan fingerprint density at radius 2 is 2.04 bits per heavy atom. The van der Waals surface area contributed by atoms with Gasteiger partial charge in [-0.15, -0.1) is 5.10 Å². The van der Waals surface area contributed by atoms with E-state index in [4.69, 9.17) is 4.74 Å². The van der Waals surface area contributed by atoms with Gasteiger partial charge in [0.05, 0.1) is 18.2 Å². The molecule has 1 aliphatic rings. The van der Waals surface area contributed by atoms with Crippen molar-refractivity contribution in [2.75, 3.05) is 18.6 Å². The molecule has 0 saturated heterocycles. The molecule has 0 saturated carbocycles. The molecule has 0 aliphatic carbocycles. The number of anilines is 1. The van der Waals surface area contributed by atoms with Crippen LogP contribution in [0.3, 0.4) is 0 Å². The number of hydrogen-bond acceptors (Lipinski definition) is 5. The number of methoxy groups -OCH3 is 1. The van der Waals surface area contributed by atoms with Crippen molar-refractivity contribution in [1.29, 1.82) is 0 Å². The Labute approximate surface area is 143 Å². The third-order valence-electron chi connectivity index (χ3n) is 4.40. The second kappa shape index (κ2) is 6.01. The number of nitrogens with zero attached hydrogens (tertiary/aromatic N) is 4. The van der Waals surface area contributed by atoms with Gasteiger partial charge in [0.1, 0.15) is 12.1 Å². The maximum Gasteiger partial charge on any atom is 0.337 e. The zero-order chi connectivity index (χ0) is 17.4. The molecule has 4 rings (SSSR count). The van der Waals surface area contributed by atoms with E-state index in [0.717, 1.165) is 22.3 Å². The predicted molar refractivity (Wildman–Crippen MR) is 91.4 cm³/mol. The highest BCUT2D eigenvalue weighted by Crippen LogP contribution is 2.29. The summed E-state index contributed by atoms with van der Waals surface area (Å²) in [7, 11) is 1.35. The molecule has 1 aliphatic heterocycles. The molecule has 3 aromatic rings. The van der Waals surface area contributed by atoms with Gasteiger partial charge in [0.15, 0.2) is 0 Å². The summed E-state index contributed by atoms with van der Waals surface area (Å²) in [5.41, 5.74) is 3.90. The molecule has 7 heteroatoms. The van der Waals surface area contributed by atoms with Gasteiger partial charge in [-0.1, -0.05) is 17.3 Å². The number of esters is 1. The van der Waals surface area contributed by atoms with Crippen LogP contribution >= 0.6 is 0 Å². The SMILES string of the molecule is COC(=O)c1ccc2c(c1)CCN2C(=O)Cn1nnc2ccccc21. The summed E-state index contributed by atoms with van der Waals surface area (Å²) in [6.07, 6.45) is 0.712. The summed E-state index contributed by atoms with van der Waals surface area (Å²) in [6, 6.07) is 12.8. The standard InChI is InChI=1S/C18H16N4O3/c1-25-18(24)13-6-7-15-12(10-13)8-9-21(15)17(23)11-22-16-5-3-2-4-14(16)19-20-22/h2-7,10H,8-9,11H2,1H3. The molecule has 0 N–H and O–H groups in total. The van der Waals surface area contributed by atoms with Crippen molar-refractivity contribution in [2.45, 2.75) is 13.0 Å². The second-order valence-electron chi connectivity index (χ2n) is 5.87. The maximum atomic E-state index is 12.7. The Bertz CT molecular complexity index is 979. The van der Waals surface area contributed by atoms with Gasteiger partial charge in [0.25, 0.3) is 0 Å². The lowest BCUT2D eigenvalue weighted by atomic mass is 10.1. The van der Waals surface area contributed by atoms with Gasteiger partial charge < -0.3 is 9.64 Å². The van der Waals surface area contributed by atoms with Crippen LogP contribution in [0.25, 0.3) is 11.0 Å². The van der Waals surface area contributed by atoms with Gasteiger partial charge in [-0.25, -0.2) is 9.48 Å². The lowest BCUT2D eigenvalue weighted by molar-refractivity contribution is -0.119. The minimum absolute atomic E-state index is 0.0554. The van der Waals surface area contributed by atoms with E-state index in [2.05, 4.69) is 10.3 Å². The van der Waals surface area contributed by atoms with E-state index in [1.54, 1.807) is 27.8 Å². The molecule has 2 heterocycles. The molecule has 126 valence electrons. The van der Waals surface area contributed by atoms with E-state index in [-0.39, 0.29) is 18.4 Å². The van der Waals surface area contributed by atoms with Crippen molar-refractivity contribution in [1.82, 2.24) is 15.0 Å². The van der Waals surface area contributed by atoms with Crippen LogP contribution in [0.1, 0.15) is 15.9 Å². The number of ether oxygens (including phenoxy) is 1. The number of aromatic nitrogens is 3. The lowest BCUT2D eigenvalue weighted by Gasteiger charge is -2.17. The van der Waals surface area contributed by atoms with Gasteiger partial charge in [-0.2, -0.15) is 0 Å². The van der Waals surface area contributed by atoms with Crippen LogP contribution in [0.15, 0.2) is 42.5 Å². The molecule has 0 fully saturated rings. The molecule has 0 radical (unpaired) electrons. The number of carbonyl (C=O) groups excluding carboxylic acids is 2. The van der Waals surface area contributed by atoms with Crippen LogP contribution in [0.2, 0.25) is 0 Å². The van der Waals surface area contributed by atoms with Crippen molar-refractivity contribution in [3.63, 3.8) is 0 Å². The summed E-state index contributed by atoms with van der Waals surface area (Å²) in [5.74, 6) is -0.429. The Morgan fingerprint density at radius 1 is 1.20 bits per heavy atom. The molecule has 0 bridgehead atoms. The van der Waals surface area contributed by atoms with Crippen LogP contribution in [-0.4, -0.2) is 40.5 Å². The van der Waals surface area contributed by atoms with E-state index in [1.807, 2.05) is 24.3 Å². The summed E-state index contributed by atoms with van der Waals surface area (Å²) in [4.78, 5) is 26.1. The minimum atomic E-state index is -0.373. The monoisotopic (exact) mass is 336 g/mol. The van der Waals surface area contributed by atoms with Crippen LogP contribution in [0.4, 0.5) is 5.69 Å². The molecule has 1 aromatic heterocycles. The van der Waals surface area contributed by atoms with E-state index < -0.39 is 0 Å². The fraction of sp³-hybridized carbons (Fsp3) is 0.222. The number of hydrogen-bond donors (Lipinski definition) is 0. The number of para-hydroxylation sites is 1. The molecule has 0 unspecified atom stereocenters. The topological polar surface area (TPSA) is 77.3 Å². The molecular weight excluding hydrogens is 320 g/mol. The quantitative estimate of drug-likeness (QED) is 0.682. The van der Waals surface area contributed by atoms with Crippen molar-refractivity contribution in [2.24, 2.45) is 0 Å². The summed E-state index contributed by atoms with van der Waals surface area (Å²) < 4.78 is 6.35. The molecule has 7 nitrogen and oxygen atoms in total. The Hall–Kier alpha value is -3.22. The van der Waals surface area contributed by atoms with Crippen molar-refractivity contribution >= 4 is 28.6 Å². The number of benzene rings is 2. The average molecular weight is 336 g/mol. The zero-order valence-electron chi connectivity index (χ0n) is 13.7. The highest BCUT2D eigenvalue weighted by atomic mass is 16.5. The number of fused-ring (bicyclic) bond motifs is 2. The van der Waals surface area contributed by atoms with Gasteiger partial charge in [-0.3, -0.25) is 4.79 Å². The third kappa shape index (κ3) is 2.63. The molecule has 1 amide bonds. The van der Waals surface area contributed by atoms with E-state index >= 15 is 0 Å². The zero-order valence-corrected chi connectivity index (χ0v) is 13.7. The maximum absolute atomic E-state index is 12.7. The van der Waals surface area contributed by atoms with Crippen LogP contribution in [-0.2, 0) is 22.5 Å². The average Bonchev–Trinajstić information content (AvgIpc) is 3.25. The summed E-state index contributed by atoms with van der Waals surface area (Å²) in [5, 5.41) is 8.14. The Balaban J connectivity index is 1.58. The first-order valence-electron chi connectivity index (χ1n) is 7.97. The van der Waals surface area contributed by atoms with Crippen LogP contribution in [0.5, 0.6) is 0 Å². The largest absolute Gasteiger partial charge is 0.465 e. The van der Waals surface area contributed by atoms with Crippen molar-refractivity contribution in [3.8, 4) is 0 Å². The van der Waals surface area contributed by atoms with Crippen molar-refractivity contribution < 1.29 is 14.3 Å². The fourth-order valence-corrected chi connectivity index (χ4v) is 3.15. The lowest BCUT2D eigenvalue weighted by Crippen LogP contribution is -2.32. The first kappa shape index (κ1) is 15.3. The highest BCUT2D eigenvalue weighted by Gasteiger charge is 2.26. The minimum Gasteiger partial charge on any atom is -0.465 e. The highest BCUT2D eigenvalue weighted by molar-refractivity contribution is 5.97. The molecule has 0 atom stereocenters. The predicted octanol–water partition coefficient (Wildman–Crippen LogP) is 1.81. The van der Waals surface area contributed by atoms with Crippen LogP contribution in [0, 0.1) is 0 Å². The molecular formula is C18H16N4O3. The number of amides is 1. The number of rotatable bonds is 3. The first-order valence-corrected chi connectivity index (χ1v) is 7.97. The van der Waals surface area contributed by atoms with Crippen LogP contribution < -0.4 is 4.90 Å². The third-order valence-corrected chi connectivity index (χ3v) is 4.40. The Morgan fingerprint density at radius 3 is 2.88 bits per heavy atom. The summed E-state index contributed by atoms with van der Waals surface area (Å²) in [6.45, 7) is 0.712.